The van der Waals surface area contributed by atoms with E-state index in [9.17, 15) is 4.39 Å². The SMILES string of the molecule is CCC(NCCCC(C)CO)c1ccc(F)cn1. The molecule has 0 amide bonds. The minimum Gasteiger partial charge on any atom is -0.396 e. The number of nitrogens with one attached hydrogen (secondary N) is 1. The van der Waals surface area contributed by atoms with Crippen LogP contribution >= 0.6 is 0 Å². The third-order valence-electron chi connectivity index (χ3n) is 3.09. The Morgan fingerprint density at radius 1 is 1.44 bits per heavy atom. The van der Waals surface area contributed by atoms with Crippen LogP contribution in [0.4, 0.5) is 4.39 Å². The van der Waals surface area contributed by atoms with E-state index in [1.54, 1.807) is 6.07 Å². The molecule has 0 aromatic carbocycles. The Bertz CT molecular complexity index is 329. The predicted molar refractivity (Wildman–Crippen MR) is 70.7 cm³/mol. The second-order valence-electron chi connectivity index (χ2n) is 4.75. The molecule has 3 nitrogen and oxygen atoms in total. The van der Waals surface area contributed by atoms with E-state index in [4.69, 9.17) is 5.11 Å². The molecule has 0 spiro atoms. The zero-order valence-electron chi connectivity index (χ0n) is 11.2. The fourth-order valence-corrected chi connectivity index (χ4v) is 1.87. The van der Waals surface area contributed by atoms with Crippen molar-refractivity contribution < 1.29 is 9.50 Å². The maximum Gasteiger partial charge on any atom is 0.141 e. The van der Waals surface area contributed by atoms with Gasteiger partial charge in [-0.15, -0.1) is 0 Å². The summed E-state index contributed by atoms with van der Waals surface area (Å²) in [4.78, 5) is 4.10. The van der Waals surface area contributed by atoms with E-state index in [-0.39, 0.29) is 18.5 Å². The van der Waals surface area contributed by atoms with Crippen LogP contribution in [0, 0.1) is 11.7 Å². The lowest BCUT2D eigenvalue weighted by Gasteiger charge is -2.17. The van der Waals surface area contributed by atoms with Crippen LogP contribution in [0.1, 0.15) is 44.8 Å². The van der Waals surface area contributed by atoms with Crippen molar-refractivity contribution in [3.05, 3.63) is 29.8 Å². The van der Waals surface area contributed by atoms with Crippen molar-refractivity contribution in [1.29, 1.82) is 0 Å². The zero-order chi connectivity index (χ0) is 13.4. The summed E-state index contributed by atoms with van der Waals surface area (Å²) in [7, 11) is 0. The van der Waals surface area contributed by atoms with Crippen LogP contribution in [0.25, 0.3) is 0 Å². The molecule has 18 heavy (non-hydrogen) atoms. The lowest BCUT2D eigenvalue weighted by molar-refractivity contribution is 0.227. The number of aromatic nitrogens is 1. The largest absolute Gasteiger partial charge is 0.396 e. The molecule has 102 valence electrons. The molecule has 0 saturated heterocycles. The van der Waals surface area contributed by atoms with E-state index in [0.717, 1.165) is 31.5 Å². The first-order valence-corrected chi connectivity index (χ1v) is 6.63. The molecular formula is C14H23FN2O. The van der Waals surface area contributed by atoms with E-state index in [0.29, 0.717) is 5.92 Å². The number of aliphatic hydroxyl groups excluding tert-OH is 1. The van der Waals surface area contributed by atoms with Gasteiger partial charge in [0.05, 0.1) is 11.9 Å². The van der Waals surface area contributed by atoms with E-state index < -0.39 is 0 Å². The number of aliphatic hydroxyl groups is 1. The number of rotatable bonds is 8. The number of halogens is 1. The van der Waals surface area contributed by atoms with Crippen molar-refractivity contribution in [1.82, 2.24) is 10.3 Å². The number of hydrogen-bond acceptors (Lipinski definition) is 3. The predicted octanol–water partition coefficient (Wildman–Crippen LogP) is 2.67. The fourth-order valence-electron chi connectivity index (χ4n) is 1.87. The van der Waals surface area contributed by atoms with Crippen molar-refractivity contribution in [2.45, 2.75) is 39.2 Å². The number of hydrogen-bond donors (Lipinski definition) is 2. The first-order valence-electron chi connectivity index (χ1n) is 6.63. The highest BCUT2D eigenvalue weighted by Gasteiger charge is 2.10. The lowest BCUT2D eigenvalue weighted by Crippen LogP contribution is -2.23. The Morgan fingerprint density at radius 2 is 2.22 bits per heavy atom. The standard InChI is InChI=1S/C14H23FN2O/c1-3-13(14-7-6-12(15)9-17-14)16-8-4-5-11(2)10-18/h6-7,9,11,13,16,18H,3-5,8,10H2,1-2H3. The van der Waals surface area contributed by atoms with Gasteiger partial charge in [-0.05, 0) is 43.9 Å². The molecule has 0 aliphatic rings. The molecule has 0 fully saturated rings. The van der Waals surface area contributed by atoms with Crippen molar-refractivity contribution in [2.75, 3.05) is 13.2 Å². The maximum absolute atomic E-state index is 12.8. The lowest BCUT2D eigenvalue weighted by atomic mass is 10.1. The molecule has 4 heteroatoms. The average Bonchev–Trinajstić information content (AvgIpc) is 2.40. The van der Waals surface area contributed by atoms with Crippen LogP contribution < -0.4 is 5.32 Å². The molecule has 1 aromatic heterocycles. The summed E-state index contributed by atoms with van der Waals surface area (Å²) < 4.78 is 12.8. The average molecular weight is 254 g/mol. The molecule has 2 N–H and O–H groups in total. The summed E-state index contributed by atoms with van der Waals surface area (Å²) in [6.07, 6.45) is 4.22. The molecule has 2 unspecified atom stereocenters. The second-order valence-corrected chi connectivity index (χ2v) is 4.75. The van der Waals surface area contributed by atoms with Crippen molar-refractivity contribution in [3.63, 3.8) is 0 Å². The summed E-state index contributed by atoms with van der Waals surface area (Å²) in [6.45, 7) is 5.26. The number of pyridine rings is 1. The molecule has 1 heterocycles. The van der Waals surface area contributed by atoms with Gasteiger partial charge < -0.3 is 10.4 Å². The highest BCUT2D eigenvalue weighted by atomic mass is 19.1. The highest BCUT2D eigenvalue weighted by molar-refractivity contribution is 5.09. The molecule has 0 bridgehead atoms. The minimum absolute atomic E-state index is 0.176. The molecular weight excluding hydrogens is 231 g/mol. The van der Waals surface area contributed by atoms with Crippen LogP contribution in [0.5, 0.6) is 0 Å². The van der Waals surface area contributed by atoms with Crippen molar-refractivity contribution in [3.8, 4) is 0 Å². The Hall–Kier alpha value is -1.00. The van der Waals surface area contributed by atoms with Crippen LogP contribution in [0.3, 0.4) is 0 Å². The van der Waals surface area contributed by atoms with Crippen LogP contribution in [-0.2, 0) is 0 Å². The Labute approximate surface area is 108 Å². The Morgan fingerprint density at radius 3 is 2.78 bits per heavy atom. The quantitative estimate of drug-likeness (QED) is 0.701. The van der Waals surface area contributed by atoms with Gasteiger partial charge in [-0.3, -0.25) is 4.98 Å². The van der Waals surface area contributed by atoms with Crippen LogP contribution in [0.2, 0.25) is 0 Å². The molecule has 0 aliphatic carbocycles. The van der Waals surface area contributed by atoms with Gasteiger partial charge >= 0.3 is 0 Å². The summed E-state index contributed by atoms with van der Waals surface area (Å²) in [5, 5.41) is 12.3. The summed E-state index contributed by atoms with van der Waals surface area (Å²) >= 11 is 0. The summed E-state index contributed by atoms with van der Waals surface area (Å²) in [6, 6.07) is 3.35. The normalized spacial score (nSPS) is 14.4. The first kappa shape index (κ1) is 15.1. The van der Waals surface area contributed by atoms with Crippen molar-refractivity contribution >= 4 is 0 Å². The topological polar surface area (TPSA) is 45.1 Å². The van der Waals surface area contributed by atoms with Gasteiger partial charge in [-0.2, -0.15) is 0 Å². The Balaban J connectivity index is 2.36. The van der Waals surface area contributed by atoms with Crippen LogP contribution in [0.15, 0.2) is 18.3 Å². The smallest absolute Gasteiger partial charge is 0.141 e. The van der Waals surface area contributed by atoms with Gasteiger partial charge in [-0.1, -0.05) is 13.8 Å². The minimum atomic E-state index is -0.301. The molecule has 0 radical (unpaired) electrons. The third-order valence-corrected chi connectivity index (χ3v) is 3.09. The van der Waals surface area contributed by atoms with Gasteiger partial charge in [0.15, 0.2) is 0 Å². The van der Waals surface area contributed by atoms with Gasteiger partial charge in [0.2, 0.25) is 0 Å². The van der Waals surface area contributed by atoms with Gasteiger partial charge in [0.1, 0.15) is 5.82 Å². The summed E-state index contributed by atoms with van der Waals surface area (Å²) in [5.74, 6) is 0.0567. The highest BCUT2D eigenvalue weighted by Crippen LogP contribution is 2.14. The van der Waals surface area contributed by atoms with E-state index >= 15 is 0 Å². The van der Waals surface area contributed by atoms with Gasteiger partial charge in [0.25, 0.3) is 0 Å². The molecule has 1 rings (SSSR count). The third kappa shape index (κ3) is 5.10. The molecule has 0 aliphatic heterocycles. The van der Waals surface area contributed by atoms with Gasteiger partial charge in [0, 0.05) is 12.6 Å². The van der Waals surface area contributed by atoms with Crippen LogP contribution in [-0.4, -0.2) is 23.2 Å². The maximum atomic E-state index is 12.8. The summed E-state index contributed by atoms with van der Waals surface area (Å²) in [5.41, 5.74) is 0.883. The van der Waals surface area contributed by atoms with Gasteiger partial charge in [-0.25, -0.2) is 4.39 Å². The van der Waals surface area contributed by atoms with Crippen molar-refractivity contribution in [2.24, 2.45) is 5.92 Å². The molecule has 2 atom stereocenters. The monoisotopic (exact) mass is 254 g/mol. The number of nitrogens with zero attached hydrogens (tertiary/aromatic N) is 1. The Kier molecular flexibility index (Phi) is 6.83. The second kappa shape index (κ2) is 8.16. The van der Waals surface area contributed by atoms with E-state index in [2.05, 4.69) is 17.2 Å². The first-order chi connectivity index (χ1) is 8.67. The molecule has 0 saturated carbocycles. The fraction of sp³-hybridized carbons (Fsp3) is 0.643. The van der Waals surface area contributed by atoms with E-state index in [1.807, 2.05) is 6.92 Å². The van der Waals surface area contributed by atoms with E-state index in [1.165, 1.54) is 12.3 Å². The molecule has 1 aromatic rings. The zero-order valence-corrected chi connectivity index (χ0v) is 11.2.